The van der Waals surface area contributed by atoms with Gasteiger partial charge in [0.25, 0.3) is 0 Å². The first-order valence-corrected chi connectivity index (χ1v) is 7.36. The standard InChI is InChI=1S/C17H13F2NS/c1-10-3-4-13(9-15(10)19)17-20-11(2)16(21-17)12-5-7-14(18)8-6-12/h3-9H,1-2H3. The Kier molecular flexibility index (Phi) is 3.55. The molecule has 0 amide bonds. The maximum atomic E-state index is 13.7. The molecule has 0 aliphatic rings. The van der Waals surface area contributed by atoms with Crippen LogP contribution in [-0.2, 0) is 0 Å². The van der Waals surface area contributed by atoms with E-state index in [1.807, 2.05) is 13.0 Å². The Labute approximate surface area is 125 Å². The molecule has 0 saturated carbocycles. The number of halogens is 2. The highest BCUT2D eigenvalue weighted by molar-refractivity contribution is 7.18. The van der Waals surface area contributed by atoms with Crippen LogP contribution in [0.1, 0.15) is 11.3 Å². The van der Waals surface area contributed by atoms with Gasteiger partial charge in [-0.2, -0.15) is 0 Å². The van der Waals surface area contributed by atoms with Crippen molar-refractivity contribution in [3.8, 4) is 21.0 Å². The summed E-state index contributed by atoms with van der Waals surface area (Å²) in [7, 11) is 0. The summed E-state index contributed by atoms with van der Waals surface area (Å²) in [4.78, 5) is 5.49. The van der Waals surface area contributed by atoms with E-state index in [1.165, 1.54) is 29.5 Å². The van der Waals surface area contributed by atoms with Crippen LogP contribution in [0.15, 0.2) is 42.5 Å². The first-order valence-electron chi connectivity index (χ1n) is 6.54. The number of hydrogen-bond donors (Lipinski definition) is 0. The van der Waals surface area contributed by atoms with E-state index in [-0.39, 0.29) is 11.6 Å². The molecular formula is C17H13F2NS. The zero-order valence-electron chi connectivity index (χ0n) is 11.7. The van der Waals surface area contributed by atoms with Crippen molar-refractivity contribution in [2.45, 2.75) is 13.8 Å². The van der Waals surface area contributed by atoms with Crippen LogP contribution in [0.3, 0.4) is 0 Å². The predicted octanol–water partition coefficient (Wildman–Crippen LogP) is 5.37. The highest BCUT2D eigenvalue weighted by Gasteiger charge is 2.12. The smallest absolute Gasteiger partial charge is 0.126 e. The minimum Gasteiger partial charge on any atom is -0.241 e. The summed E-state index contributed by atoms with van der Waals surface area (Å²) in [5.41, 5.74) is 3.16. The molecule has 0 aliphatic heterocycles. The highest BCUT2D eigenvalue weighted by atomic mass is 32.1. The van der Waals surface area contributed by atoms with Gasteiger partial charge >= 0.3 is 0 Å². The summed E-state index contributed by atoms with van der Waals surface area (Å²) >= 11 is 1.49. The Hall–Kier alpha value is -2.07. The van der Waals surface area contributed by atoms with Crippen molar-refractivity contribution < 1.29 is 8.78 Å². The Morgan fingerprint density at radius 3 is 2.24 bits per heavy atom. The SMILES string of the molecule is Cc1ccc(-c2nc(C)c(-c3ccc(F)cc3)s2)cc1F. The molecule has 3 rings (SSSR count). The van der Waals surface area contributed by atoms with Crippen molar-refractivity contribution in [3.63, 3.8) is 0 Å². The van der Waals surface area contributed by atoms with E-state index in [0.29, 0.717) is 5.56 Å². The van der Waals surface area contributed by atoms with E-state index in [9.17, 15) is 8.78 Å². The number of benzene rings is 2. The molecule has 21 heavy (non-hydrogen) atoms. The molecule has 106 valence electrons. The van der Waals surface area contributed by atoms with Crippen LogP contribution in [0.25, 0.3) is 21.0 Å². The van der Waals surface area contributed by atoms with Gasteiger partial charge in [-0.1, -0.05) is 24.3 Å². The molecule has 0 radical (unpaired) electrons. The molecule has 1 aromatic heterocycles. The molecule has 4 heteroatoms. The van der Waals surface area contributed by atoms with Gasteiger partial charge in [0, 0.05) is 5.56 Å². The molecular weight excluding hydrogens is 288 g/mol. The van der Waals surface area contributed by atoms with Crippen LogP contribution in [0.2, 0.25) is 0 Å². The van der Waals surface area contributed by atoms with Crippen LogP contribution in [0, 0.1) is 25.5 Å². The number of rotatable bonds is 2. The molecule has 0 aliphatic carbocycles. The molecule has 1 heterocycles. The van der Waals surface area contributed by atoms with E-state index in [4.69, 9.17) is 0 Å². The van der Waals surface area contributed by atoms with Gasteiger partial charge in [-0.25, -0.2) is 13.8 Å². The first-order chi connectivity index (χ1) is 10.0. The second-order valence-corrected chi connectivity index (χ2v) is 5.90. The second-order valence-electron chi connectivity index (χ2n) is 4.90. The first kappa shape index (κ1) is 13.9. The highest BCUT2D eigenvalue weighted by Crippen LogP contribution is 2.35. The van der Waals surface area contributed by atoms with Crippen LogP contribution in [0.5, 0.6) is 0 Å². The molecule has 0 atom stereocenters. The second kappa shape index (κ2) is 5.37. The Bertz CT molecular complexity index is 791. The van der Waals surface area contributed by atoms with Crippen LogP contribution in [0.4, 0.5) is 8.78 Å². The Morgan fingerprint density at radius 1 is 0.905 bits per heavy atom. The zero-order valence-corrected chi connectivity index (χ0v) is 12.5. The summed E-state index contributed by atoms with van der Waals surface area (Å²) in [6.45, 7) is 3.64. The van der Waals surface area contributed by atoms with Gasteiger partial charge in [-0.05, 0) is 43.2 Å². The van der Waals surface area contributed by atoms with Crippen LogP contribution in [-0.4, -0.2) is 4.98 Å². The van der Waals surface area contributed by atoms with E-state index in [0.717, 1.165) is 26.7 Å². The molecule has 0 fully saturated rings. The van der Waals surface area contributed by atoms with Crippen molar-refractivity contribution in [1.82, 2.24) is 4.98 Å². The van der Waals surface area contributed by atoms with Crippen molar-refractivity contribution in [1.29, 1.82) is 0 Å². The predicted molar refractivity (Wildman–Crippen MR) is 82.4 cm³/mol. The third-order valence-electron chi connectivity index (χ3n) is 3.32. The minimum atomic E-state index is -0.262. The number of aryl methyl sites for hydroxylation is 2. The maximum Gasteiger partial charge on any atom is 0.126 e. The van der Waals surface area contributed by atoms with Gasteiger partial charge in [0.1, 0.15) is 16.6 Å². The molecule has 0 bridgehead atoms. The minimum absolute atomic E-state index is 0.233. The lowest BCUT2D eigenvalue weighted by Gasteiger charge is -1.99. The van der Waals surface area contributed by atoms with Gasteiger partial charge in [0.05, 0.1) is 10.6 Å². The zero-order chi connectivity index (χ0) is 15.0. The molecule has 2 aromatic carbocycles. The van der Waals surface area contributed by atoms with Gasteiger partial charge in [-0.3, -0.25) is 0 Å². The van der Waals surface area contributed by atoms with Crippen molar-refractivity contribution >= 4 is 11.3 Å². The summed E-state index contributed by atoms with van der Waals surface area (Å²) in [6.07, 6.45) is 0. The van der Waals surface area contributed by atoms with E-state index < -0.39 is 0 Å². The topological polar surface area (TPSA) is 12.9 Å². The van der Waals surface area contributed by atoms with Crippen LogP contribution >= 0.6 is 11.3 Å². The van der Waals surface area contributed by atoms with Gasteiger partial charge in [0.15, 0.2) is 0 Å². The van der Waals surface area contributed by atoms with Gasteiger partial charge < -0.3 is 0 Å². The average Bonchev–Trinajstić information content (AvgIpc) is 2.85. The quantitative estimate of drug-likeness (QED) is 0.620. The number of nitrogens with zero attached hydrogens (tertiary/aromatic N) is 1. The summed E-state index contributed by atoms with van der Waals surface area (Å²) in [6, 6.07) is 11.4. The molecule has 3 aromatic rings. The van der Waals surface area contributed by atoms with Crippen LogP contribution < -0.4 is 0 Å². The van der Waals surface area contributed by atoms with Gasteiger partial charge in [-0.15, -0.1) is 11.3 Å². The van der Waals surface area contributed by atoms with E-state index in [2.05, 4.69) is 4.98 Å². The van der Waals surface area contributed by atoms with E-state index in [1.54, 1.807) is 25.1 Å². The fraction of sp³-hybridized carbons (Fsp3) is 0.118. The molecule has 0 saturated heterocycles. The molecule has 0 unspecified atom stereocenters. The Morgan fingerprint density at radius 2 is 1.57 bits per heavy atom. The van der Waals surface area contributed by atoms with Crippen molar-refractivity contribution in [2.24, 2.45) is 0 Å². The molecule has 1 nitrogen and oxygen atoms in total. The lowest BCUT2D eigenvalue weighted by Crippen LogP contribution is -1.84. The lowest BCUT2D eigenvalue weighted by atomic mass is 10.1. The summed E-state index contributed by atoms with van der Waals surface area (Å²) in [5, 5.41) is 0.769. The number of thiazole rings is 1. The summed E-state index contributed by atoms with van der Waals surface area (Å²) in [5.74, 6) is -0.495. The molecule has 0 spiro atoms. The lowest BCUT2D eigenvalue weighted by molar-refractivity contribution is 0.619. The van der Waals surface area contributed by atoms with E-state index >= 15 is 0 Å². The monoisotopic (exact) mass is 301 g/mol. The number of aromatic nitrogens is 1. The fourth-order valence-electron chi connectivity index (χ4n) is 2.11. The third-order valence-corrected chi connectivity index (χ3v) is 4.58. The fourth-order valence-corrected chi connectivity index (χ4v) is 3.18. The number of hydrogen-bond acceptors (Lipinski definition) is 2. The Balaban J connectivity index is 2.04. The van der Waals surface area contributed by atoms with Crippen molar-refractivity contribution in [2.75, 3.05) is 0 Å². The largest absolute Gasteiger partial charge is 0.241 e. The normalized spacial score (nSPS) is 10.9. The third kappa shape index (κ3) is 2.72. The molecule has 0 N–H and O–H groups in total. The summed E-state index contributed by atoms with van der Waals surface area (Å²) < 4.78 is 26.7. The van der Waals surface area contributed by atoms with Gasteiger partial charge in [0.2, 0.25) is 0 Å². The average molecular weight is 301 g/mol. The van der Waals surface area contributed by atoms with Crippen molar-refractivity contribution in [3.05, 3.63) is 65.4 Å². The maximum absolute atomic E-state index is 13.7.